The van der Waals surface area contributed by atoms with Crippen LogP contribution < -0.4 is 16.0 Å². The van der Waals surface area contributed by atoms with Crippen LogP contribution in [0.5, 0.6) is 0 Å². The zero-order valence-electron chi connectivity index (χ0n) is 11.7. The van der Waals surface area contributed by atoms with E-state index in [0.717, 1.165) is 6.54 Å². The number of rotatable bonds is 4. The van der Waals surface area contributed by atoms with Crippen molar-refractivity contribution in [2.75, 3.05) is 38.5 Å². The average molecular weight is 312 g/mol. The lowest BCUT2D eigenvalue weighted by Crippen LogP contribution is -2.58. The first kappa shape index (κ1) is 15.7. The normalized spacial score (nSPS) is 19.0. The highest BCUT2D eigenvalue weighted by atomic mass is 35.5. The Balaban J connectivity index is 1.97. The lowest BCUT2D eigenvalue weighted by Gasteiger charge is -2.34. The Kier molecular flexibility index (Phi) is 5.49. The number of anilines is 1. The quantitative estimate of drug-likeness (QED) is 0.664. The number of amides is 2. The van der Waals surface area contributed by atoms with Crippen LogP contribution in [0.4, 0.5) is 5.69 Å². The predicted octanol–water partition coefficient (Wildman–Crippen LogP) is -0.307. The molecule has 1 aliphatic heterocycles. The number of carbonyl (C=O) groups is 2. The van der Waals surface area contributed by atoms with Gasteiger partial charge in [0.1, 0.15) is 6.04 Å². The van der Waals surface area contributed by atoms with Crippen LogP contribution in [0.2, 0.25) is 5.15 Å². The Labute approximate surface area is 128 Å². The van der Waals surface area contributed by atoms with Crippen molar-refractivity contribution in [1.29, 1.82) is 0 Å². The molecule has 0 radical (unpaired) electrons. The fourth-order valence-electron chi connectivity index (χ4n) is 2.21. The van der Waals surface area contributed by atoms with Crippen LogP contribution in [0.3, 0.4) is 0 Å². The lowest BCUT2D eigenvalue weighted by atomic mass is 10.1. The number of halogens is 1. The molecule has 3 N–H and O–H groups in total. The molecule has 0 spiro atoms. The second-order valence-corrected chi connectivity index (χ2v) is 5.05. The third-order valence-corrected chi connectivity index (χ3v) is 3.58. The van der Waals surface area contributed by atoms with Gasteiger partial charge in [-0.25, -0.2) is 4.98 Å². The lowest BCUT2D eigenvalue weighted by molar-refractivity contribution is -0.128. The summed E-state index contributed by atoms with van der Waals surface area (Å²) >= 11 is 5.90. The highest BCUT2D eigenvalue weighted by Crippen LogP contribution is 2.17. The Morgan fingerprint density at radius 1 is 1.57 bits per heavy atom. The van der Waals surface area contributed by atoms with Crippen LogP contribution in [0, 0.1) is 0 Å². The van der Waals surface area contributed by atoms with Crippen molar-refractivity contribution in [3.8, 4) is 0 Å². The molecule has 1 unspecified atom stereocenters. The van der Waals surface area contributed by atoms with Gasteiger partial charge in [-0.15, -0.1) is 0 Å². The molecule has 1 aromatic rings. The first-order chi connectivity index (χ1) is 10.1. The highest BCUT2D eigenvalue weighted by molar-refractivity contribution is 6.32. The van der Waals surface area contributed by atoms with Crippen LogP contribution >= 0.6 is 11.6 Å². The van der Waals surface area contributed by atoms with Gasteiger partial charge in [-0.1, -0.05) is 11.6 Å². The number of likely N-dealkylation sites (N-methyl/N-ethyl adjacent to an activating group) is 1. The molecule has 1 aliphatic rings. The largest absolute Gasteiger partial charge is 0.358 e. The first-order valence-corrected chi connectivity index (χ1v) is 7.06. The van der Waals surface area contributed by atoms with E-state index in [-0.39, 0.29) is 29.6 Å². The number of piperazine rings is 1. The molecular weight excluding hydrogens is 294 g/mol. The van der Waals surface area contributed by atoms with E-state index in [1.807, 2.05) is 4.90 Å². The minimum atomic E-state index is -0.348. The number of pyridine rings is 1. The first-order valence-electron chi connectivity index (χ1n) is 6.68. The third-order valence-electron chi connectivity index (χ3n) is 3.28. The van der Waals surface area contributed by atoms with Crippen LogP contribution in [0.15, 0.2) is 18.3 Å². The van der Waals surface area contributed by atoms with Gasteiger partial charge in [-0.2, -0.15) is 0 Å². The number of nitrogens with one attached hydrogen (secondary N) is 3. The number of nitrogens with zero attached hydrogens (tertiary/aromatic N) is 2. The van der Waals surface area contributed by atoms with E-state index in [9.17, 15) is 9.59 Å². The fraction of sp³-hybridized carbons (Fsp3) is 0.462. The van der Waals surface area contributed by atoms with Crippen molar-refractivity contribution in [2.24, 2.45) is 0 Å². The van der Waals surface area contributed by atoms with Gasteiger partial charge in [0, 0.05) is 32.9 Å². The van der Waals surface area contributed by atoms with Gasteiger partial charge in [0.05, 0.1) is 12.2 Å². The Hall–Kier alpha value is -1.70. The van der Waals surface area contributed by atoms with E-state index in [2.05, 4.69) is 20.9 Å². The summed E-state index contributed by atoms with van der Waals surface area (Å²) in [7, 11) is 1.59. The maximum atomic E-state index is 12.1. The molecule has 1 atom stereocenters. The zero-order chi connectivity index (χ0) is 15.2. The van der Waals surface area contributed by atoms with Gasteiger partial charge in [-0.05, 0) is 12.1 Å². The molecule has 114 valence electrons. The second-order valence-electron chi connectivity index (χ2n) is 4.69. The van der Waals surface area contributed by atoms with Crippen LogP contribution in [0.1, 0.15) is 0 Å². The smallest absolute Gasteiger partial charge is 0.238 e. The van der Waals surface area contributed by atoms with E-state index in [4.69, 9.17) is 11.6 Å². The summed E-state index contributed by atoms with van der Waals surface area (Å²) in [6, 6.07) is 3.03. The number of hydrogen-bond donors (Lipinski definition) is 3. The summed E-state index contributed by atoms with van der Waals surface area (Å²) in [5, 5.41) is 8.71. The highest BCUT2D eigenvalue weighted by Gasteiger charge is 2.29. The van der Waals surface area contributed by atoms with Crippen molar-refractivity contribution >= 4 is 29.1 Å². The summed E-state index contributed by atoms with van der Waals surface area (Å²) in [5.74, 6) is -0.324. The topological polar surface area (TPSA) is 86.4 Å². The monoisotopic (exact) mass is 311 g/mol. The number of aromatic nitrogens is 1. The van der Waals surface area contributed by atoms with Crippen LogP contribution in [0.25, 0.3) is 0 Å². The maximum Gasteiger partial charge on any atom is 0.238 e. The van der Waals surface area contributed by atoms with Gasteiger partial charge in [0.25, 0.3) is 0 Å². The molecule has 0 aliphatic carbocycles. The minimum absolute atomic E-state index is 0.102. The second kappa shape index (κ2) is 7.35. The van der Waals surface area contributed by atoms with Crippen molar-refractivity contribution in [2.45, 2.75) is 6.04 Å². The summed E-state index contributed by atoms with van der Waals surface area (Å²) in [6.45, 7) is 2.03. The molecular formula is C13H18ClN5O2. The molecule has 2 heterocycles. The van der Waals surface area contributed by atoms with Gasteiger partial charge >= 0.3 is 0 Å². The van der Waals surface area contributed by atoms with E-state index < -0.39 is 0 Å². The zero-order valence-corrected chi connectivity index (χ0v) is 12.5. The van der Waals surface area contributed by atoms with E-state index in [0.29, 0.717) is 18.8 Å². The third kappa shape index (κ3) is 4.13. The van der Waals surface area contributed by atoms with Gasteiger partial charge in [0.15, 0.2) is 5.15 Å². The Bertz CT molecular complexity index is 525. The van der Waals surface area contributed by atoms with Crippen molar-refractivity contribution in [3.63, 3.8) is 0 Å². The molecule has 0 bridgehead atoms. The summed E-state index contributed by atoms with van der Waals surface area (Å²) in [5.41, 5.74) is 0.468. The molecule has 21 heavy (non-hydrogen) atoms. The molecule has 7 nitrogen and oxygen atoms in total. The SMILES string of the molecule is CNC(=O)C1CNCCN1CC(=O)Nc1cccnc1Cl. The number of carbonyl (C=O) groups excluding carboxylic acids is 2. The van der Waals surface area contributed by atoms with Crippen molar-refractivity contribution in [1.82, 2.24) is 20.5 Å². The fourth-order valence-corrected chi connectivity index (χ4v) is 2.38. The molecule has 1 saturated heterocycles. The van der Waals surface area contributed by atoms with Gasteiger partial charge < -0.3 is 16.0 Å². The Morgan fingerprint density at radius 3 is 3.10 bits per heavy atom. The maximum absolute atomic E-state index is 12.1. The minimum Gasteiger partial charge on any atom is -0.358 e. The number of hydrogen-bond acceptors (Lipinski definition) is 5. The van der Waals surface area contributed by atoms with Crippen molar-refractivity contribution < 1.29 is 9.59 Å². The summed E-state index contributed by atoms with van der Waals surface area (Å²) in [4.78, 5) is 29.7. The predicted molar refractivity (Wildman–Crippen MR) is 80.2 cm³/mol. The molecule has 1 fully saturated rings. The Morgan fingerprint density at radius 2 is 2.38 bits per heavy atom. The molecule has 0 saturated carbocycles. The average Bonchev–Trinajstić information content (AvgIpc) is 2.49. The van der Waals surface area contributed by atoms with Crippen molar-refractivity contribution in [3.05, 3.63) is 23.5 Å². The van der Waals surface area contributed by atoms with Crippen LogP contribution in [-0.4, -0.2) is 61.0 Å². The van der Waals surface area contributed by atoms with E-state index >= 15 is 0 Å². The van der Waals surface area contributed by atoms with Crippen LogP contribution in [-0.2, 0) is 9.59 Å². The molecule has 0 aromatic carbocycles. The molecule has 2 rings (SSSR count). The molecule has 8 heteroatoms. The molecule has 2 amide bonds. The van der Waals surface area contributed by atoms with E-state index in [1.165, 1.54) is 0 Å². The molecule has 1 aromatic heterocycles. The van der Waals surface area contributed by atoms with Gasteiger partial charge in [0.2, 0.25) is 11.8 Å². The standard InChI is InChI=1S/C13H18ClN5O2/c1-15-13(21)10-7-16-5-6-19(10)8-11(20)18-9-3-2-4-17-12(9)14/h2-4,10,16H,5-8H2,1H3,(H,15,21)(H,18,20). The summed E-state index contributed by atoms with van der Waals surface area (Å²) in [6.07, 6.45) is 1.55. The van der Waals surface area contributed by atoms with Gasteiger partial charge in [-0.3, -0.25) is 14.5 Å². The summed E-state index contributed by atoms with van der Waals surface area (Å²) < 4.78 is 0. The van der Waals surface area contributed by atoms with E-state index in [1.54, 1.807) is 25.4 Å².